The lowest BCUT2D eigenvalue weighted by Crippen LogP contribution is -2.65. The van der Waals surface area contributed by atoms with Crippen LogP contribution in [-0.2, 0) is 14.4 Å². The molecule has 0 radical (unpaired) electrons. The normalized spacial score (nSPS) is 41.4. The lowest BCUT2D eigenvalue weighted by molar-refractivity contribution is -0.384. The van der Waals surface area contributed by atoms with Crippen molar-refractivity contribution in [2.75, 3.05) is 4.90 Å². The first kappa shape index (κ1) is 25.3. The van der Waals surface area contributed by atoms with Gasteiger partial charge in [0.25, 0.3) is 5.69 Å². The molecule has 2 bridgehead atoms. The van der Waals surface area contributed by atoms with Gasteiger partial charge in [0, 0.05) is 11.5 Å². The molecule has 1 heterocycles. The summed E-state index contributed by atoms with van der Waals surface area (Å²) in [6.45, 7) is 8.39. The average Bonchev–Trinajstić information content (AvgIpc) is 3.15. The third-order valence-electron chi connectivity index (χ3n) is 11.5. The summed E-state index contributed by atoms with van der Waals surface area (Å²) in [6.07, 6.45) is 6.84. The van der Waals surface area contributed by atoms with E-state index in [2.05, 4.69) is 26.8 Å². The number of carbonyl (C=O) groups is 3. The van der Waals surface area contributed by atoms with Crippen molar-refractivity contribution in [2.24, 2.45) is 51.8 Å². The molecule has 8 heteroatoms. The summed E-state index contributed by atoms with van der Waals surface area (Å²) in [6, 6.07) is 6.00. The van der Waals surface area contributed by atoms with E-state index in [1.165, 1.54) is 17.7 Å². The molecule has 6 aliphatic rings. The number of hydrogen-bond donors (Lipinski definition) is 1. The van der Waals surface area contributed by atoms with Gasteiger partial charge >= 0.3 is 5.97 Å². The van der Waals surface area contributed by atoms with Gasteiger partial charge in [-0.1, -0.05) is 51.0 Å². The Kier molecular flexibility index (Phi) is 5.31. The summed E-state index contributed by atoms with van der Waals surface area (Å²) in [5, 5.41) is 22.1. The van der Waals surface area contributed by atoms with Crippen LogP contribution in [-0.4, -0.2) is 27.8 Å². The third kappa shape index (κ3) is 2.94. The highest BCUT2D eigenvalue weighted by Gasteiger charge is 2.73. The lowest BCUT2D eigenvalue weighted by Gasteiger charge is -2.68. The number of amides is 2. The summed E-state index contributed by atoms with van der Waals surface area (Å²) in [5.41, 5.74) is -0.593. The number of rotatable bonds is 4. The zero-order valence-electron chi connectivity index (χ0n) is 22.5. The predicted molar refractivity (Wildman–Crippen MR) is 140 cm³/mol. The molecule has 7 rings (SSSR count). The average molecular weight is 521 g/mol. The largest absolute Gasteiger partial charge is 0.481 e. The van der Waals surface area contributed by atoms with E-state index in [4.69, 9.17) is 0 Å². The monoisotopic (exact) mass is 520 g/mol. The summed E-state index contributed by atoms with van der Waals surface area (Å²) in [5.74, 6) is -2.32. The fourth-order valence-corrected chi connectivity index (χ4v) is 10.0. The minimum Gasteiger partial charge on any atom is -0.481 e. The van der Waals surface area contributed by atoms with Gasteiger partial charge in [0.1, 0.15) is 5.69 Å². The van der Waals surface area contributed by atoms with E-state index in [1.807, 2.05) is 6.92 Å². The maximum absolute atomic E-state index is 14.3. The first-order chi connectivity index (χ1) is 17.9. The quantitative estimate of drug-likeness (QED) is 0.239. The van der Waals surface area contributed by atoms with Gasteiger partial charge < -0.3 is 5.11 Å². The van der Waals surface area contributed by atoms with Crippen LogP contribution < -0.4 is 4.90 Å². The first-order valence-corrected chi connectivity index (χ1v) is 14.0. The number of hydrogen-bond acceptors (Lipinski definition) is 5. The van der Waals surface area contributed by atoms with Gasteiger partial charge in [-0.3, -0.25) is 24.5 Å². The number of carbonyl (C=O) groups excluding carboxylic acids is 2. The van der Waals surface area contributed by atoms with Gasteiger partial charge in [0.2, 0.25) is 11.8 Å². The molecule has 0 aromatic heterocycles. The number of carboxylic acid groups (broad SMARTS) is 1. The Hall–Kier alpha value is -3.03. The van der Waals surface area contributed by atoms with Gasteiger partial charge in [-0.05, 0) is 74.2 Å². The van der Waals surface area contributed by atoms with Crippen molar-refractivity contribution in [2.45, 2.75) is 66.2 Å². The second-order valence-corrected chi connectivity index (χ2v) is 13.2. The first-order valence-electron chi connectivity index (χ1n) is 14.0. The number of nitro benzene ring substituents is 1. The molecular weight excluding hydrogens is 484 g/mol. The van der Waals surface area contributed by atoms with Crippen LogP contribution >= 0.6 is 0 Å². The number of carboxylic acids is 1. The van der Waals surface area contributed by atoms with Gasteiger partial charge in [-0.25, -0.2) is 4.90 Å². The summed E-state index contributed by atoms with van der Waals surface area (Å²) >= 11 is 0. The van der Waals surface area contributed by atoms with Crippen molar-refractivity contribution in [3.8, 4) is 0 Å². The number of imide groups is 1. The SMILES string of the molecule is CC(C)C1=C[C@@]23CC[C@H]4[C@](C)(CCC[C@@]4(C)C(=O)O)[C@@H]2C[C@H]1[C@@H]1C(=O)N(c2ccccc2[N+](=O)[O-])C(=O)[C@@H]13. The fraction of sp³-hybridized carbons (Fsp3) is 0.633. The van der Waals surface area contributed by atoms with E-state index < -0.39 is 33.6 Å². The number of aliphatic carboxylic acids is 1. The summed E-state index contributed by atoms with van der Waals surface area (Å²) < 4.78 is 0. The number of nitrogens with zero attached hydrogens (tertiary/aromatic N) is 2. The van der Waals surface area contributed by atoms with E-state index in [0.29, 0.717) is 19.3 Å². The Morgan fingerprint density at radius 3 is 2.47 bits per heavy atom. The molecule has 202 valence electrons. The van der Waals surface area contributed by atoms with Gasteiger partial charge in [0.15, 0.2) is 0 Å². The van der Waals surface area contributed by atoms with E-state index in [-0.39, 0.29) is 52.3 Å². The van der Waals surface area contributed by atoms with E-state index >= 15 is 0 Å². The van der Waals surface area contributed by atoms with Crippen LogP contribution in [0.5, 0.6) is 0 Å². The maximum Gasteiger partial charge on any atom is 0.309 e. The van der Waals surface area contributed by atoms with Crippen LogP contribution in [0.2, 0.25) is 0 Å². The van der Waals surface area contributed by atoms with Crippen molar-refractivity contribution < 1.29 is 24.4 Å². The zero-order valence-corrected chi connectivity index (χ0v) is 22.5. The predicted octanol–water partition coefficient (Wildman–Crippen LogP) is 5.61. The molecule has 8 atom stereocenters. The second-order valence-electron chi connectivity index (χ2n) is 13.2. The molecule has 1 spiro atoms. The summed E-state index contributed by atoms with van der Waals surface area (Å²) in [7, 11) is 0. The van der Waals surface area contributed by atoms with Crippen molar-refractivity contribution in [3.05, 3.63) is 46.0 Å². The third-order valence-corrected chi connectivity index (χ3v) is 11.5. The minimum absolute atomic E-state index is 0.00379. The molecule has 1 N–H and O–H groups in total. The topological polar surface area (TPSA) is 118 Å². The highest BCUT2D eigenvalue weighted by Crippen LogP contribution is 2.74. The molecule has 4 fully saturated rings. The van der Waals surface area contributed by atoms with Crippen LogP contribution in [0.3, 0.4) is 0 Å². The van der Waals surface area contributed by atoms with Crippen LogP contribution in [0.25, 0.3) is 0 Å². The van der Waals surface area contributed by atoms with Crippen molar-refractivity contribution >= 4 is 29.2 Å². The van der Waals surface area contributed by atoms with Crippen molar-refractivity contribution in [1.82, 2.24) is 0 Å². The zero-order chi connectivity index (χ0) is 27.4. The lowest BCUT2D eigenvalue weighted by atomic mass is 9.34. The highest BCUT2D eigenvalue weighted by molar-refractivity contribution is 6.23. The highest BCUT2D eigenvalue weighted by atomic mass is 16.6. The molecule has 38 heavy (non-hydrogen) atoms. The van der Waals surface area contributed by atoms with Crippen molar-refractivity contribution in [1.29, 1.82) is 0 Å². The molecule has 1 aliphatic heterocycles. The van der Waals surface area contributed by atoms with Crippen LogP contribution in [0, 0.1) is 61.9 Å². The Labute approximate surface area is 222 Å². The fourth-order valence-electron chi connectivity index (χ4n) is 10.0. The molecule has 3 saturated carbocycles. The number of allylic oxidation sites excluding steroid dienone is 2. The molecule has 1 aromatic rings. The number of benzene rings is 1. The molecule has 1 saturated heterocycles. The van der Waals surface area contributed by atoms with E-state index in [9.17, 15) is 29.6 Å². The van der Waals surface area contributed by atoms with Gasteiger partial charge in [-0.15, -0.1) is 0 Å². The number of fused-ring (bicyclic) bond motifs is 1. The smallest absolute Gasteiger partial charge is 0.309 e. The molecule has 0 unspecified atom stereocenters. The molecule has 5 aliphatic carbocycles. The standard InChI is InChI=1S/C30H36N2O6/c1-16(2)18-15-30-13-10-21-28(3,11-7-12-29(21,4)27(35)36)22(30)14-17(18)23-24(30)26(34)31(25(23)33)19-8-5-6-9-20(19)32(37)38/h5-6,8-9,15-17,21-24H,7,10-14H2,1-4H3,(H,35,36)/t17-,21+,22+,23+,24-,28+,29-,30+/m1/s1. The minimum atomic E-state index is -0.804. The van der Waals surface area contributed by atoms with Crippen LogP contribution in [0.15, 0.2) is 35.9 Å². The van der Waals surface area contributed by atoms with Crippen LogP contribution in [0.4, 0.5) is 11.4 Å². The Morgan fingerprint density at radius 1 is 1.11 bits per heavy atom. The molecular formula is C30H36N2O6. The van der Waals surface area contributed by atoms with Gasteiger partial charge in [-0.2, -0.15) is 0 Å². The number of para-hydroxylation sites is 2. The van der Waals surface area contributed by atoms with Crippen molar-refractivity contribution in [3.63, 3.8) is 0 Å². The second kappa shape index (κ2) is 7.99. The number of nitro groups is 1. The van der Waals surface area contributed by atoms with Gasteiger partial charge in [0.05, 0.1) is 22.2 Å². The maximum atomic E-state index is 14.3. The number of anilines is 1. The Bertz CT molecular complexity index is 1300. The molecule has 1 aromatic carbocycles. The van der Waals surface area contributed by atoms with E-state index in [1.54, 1.807) is 12.1 Å². The molecule has 2 amide bonds. The van der Waals surface area contributed by atoms with Crippen LogP contribution in [0.1, 0.15) is 66.2 Å². The Balaban J connectivity index is 1.50. The summed E-state index contributed by atoms with van der Waals surface area (Å²) in [4.78, 5) is 53.3. The van der Waals surface area contributed by atoms with E-state index in [0.717, 1.165) is 24.2 Å². The Morgan fingerprint density at radius 2 is 1.82 bits per heavy atom. The molecule has 8 nitrogen and oxygen atoms in total.